The Kier molecular flexibility index (Phi) is 6.11. The van der Waals surface area contributed by atoms with Crippen molar-refractivity contribution in [2.24, 2.45) is 5.92 Å². The van der Waals surface area contributed by atoms with Crippen molar-refractivity contribution in [3.63, 3.8) is 0 Å². The second-order valence-corrected chi connectivity index (χ2v) is 5.80. The van der Waals surface area contributed by atoms with Gasteiger partial charge in [-0.3, -0.25) is 19.7 Å². The number of non-ortho nitro benzene ring substituents is 1. The second-order valence-electron chi connectivity index (χ2n) is 5.80. The summed E-state index contributed by atoms with van der Waals surface area (Å²) in [7, 11) is 0. The first kappa shape index (κ1) is 17.7. The van der Waals surface area contributed by atoms with Crippen LogP contribution >= 0.6 is 0 Å². The highest BCUT2D eigenvalue weighted by atomic mass is 16.6. The molecule has 0 aliphatic heterocycles. The fourth-order valence-corrected chi connectivity index (χ4v) is 2.86. The average Bonchev–Trinajstić information content (AvgIpc) is 2.78. The quantitative estimate of drug-likeness (QED) is 0.466. The lowest BCUT2D eigenvalue weighted by molar-refractivity contribution is -0.384. The summed E-state index contributed by atoms with van der Waals surface area (Å²) in [5.41, 5.74) is -0.123. The van der Waals surface area contributed by atoms with Crippen LogP contribution in [0.2, 0.25) is 0 Å². The topological polar surface area (TPSA) is 119 Å². The standard InChI is InChI=1S/C16H20N2O6/c19-15(10-24-12-6-4-5-11(9-12)18(22)23)17-14-8-3-1-2-7-13(14)16(20)21/h4-6,9,13-14H,1-3,7-8,10H2,(H,17,19)(H,20,21)/t13-,14+/m1/s1. The van der Waals surface area contributed by atoms with Crippen molar-refractivity contribution in [1.29, 1.82) is 0 Å². The van der Waals surface area contributed by atoms with Gasteiger partial charge in [-0.2, -0.15) is 0 Å². The van der Waals surface area contributed by atoms with Gasteiger partial charge in [0, 0.05) is 12.1 Å². The number of hydrogen-bond donors (Lipinski definition) is 2. The number of carbonyl (C=O) groups is 2. The molecule has 1 aromatic carbocycles. The van der Waals surface area contributed by atoms with Crippen LogP contribution in [0.1, 0.15) is 32.1 Å². The van der Waals surface area contributed by atoms with Gasteiger partial charge in [-0.1, -0.05) is 25.3 Å². The number of nitrogens with zero attached hydrogens (tertiary/aromatic N) is 1. The molecule has 1 aliphatic carbocycles. The van der Waals surface area contributed by atoms with Crippen LogP contribution < -0.4 is 10.1 Å². The number of nitrogens with one attached hydrogen (secondary N) is 1. The maximum atomic E-state index is 12.0. The van der Waals surface area contributed by atoms with Crippen molar-refractivity contribution >= 4 is 17.6 Å². The number of aliphatic carboxylic acids is 1. The fourth-order valence-electron chi connectivity index (χ4n) is 2.86. The minimum absolute atomic E-state index is 0.123. The van der Waals surface area contributed by atoms with Crippen molar-refractivity contribution in [2.45, 2.75) is 38.1 Å². The molecule has 0 heterocycles. The molecule has 1 fully saturated rings. The van der Waals surface area contributed by atoms with Crippen LogP contribution in [-0.2, 0) is 9.59 Å². The number of carboxylic acid groups (broad SMARTS) is 1. The van der Waals surface area contributed by atoms with Gasteiger partial charge in [0.1, 0.15) is 5.75 Å². The third-order valence-corrected chi connectivity index (χ3v) is 4.08. The van der Waals surface area contributed by atoms with Crippen LogP contribution in [-0.4, -0.2) is 34.6 Å². The van der Waals surface area contributed by atoms with E-state index in [9.17, 15) is 24.8 Å². The molecule has 8 heteroatoms. The summed E-state index contributed by atoms with van der Waals surface area (Å²) < 4.78 is 5.26. The van der Waals surface area contributed by atoms with Crippen LogP contribution in [0.4, 0.5) is 5.69 Å². The summed E-state index contributed by atoms with van der Waals surface area (Å²) in [5, 5.41) is 22.7. The van der Waals surface area contributed by atoms with Crippen molar-refractivity contribution in [3.8, 4) is 5.75 Å². The number of hydrogen-bond acceptors (Lipinski definition) is 5. The van der Waals surface area contributed by atoms with E-state index in [0.717, 1.165) is 19.3 Å². The Bertz CT molecular complexity index is 618. The zero-order valence-corrected chi connectivity index (χ0v) is 13.1. The Labute approximate surface area is 139 Å². The highest BCUT2D eigenvalue weighted by Gasteiger charge is 2.30. The van der Waals surface area contributed by atoms with Gasteiger partial charge < -0.3 is 15.2 Å². The van der Waals surface area contributed by atoms with E-state index in [-0.39, 0.29) is 18.0 Å². The Morgan fingerprint density at radius 1 is 1.29 bits per heavy atom. The number of amides is 1. The summed E-state index contributed by atoms with van der Waals surface area (Å²) in [4.78, 5) is 33.5. The summed E-state index contributed by atoms with van der Waals surface area (Å²) >= 11 is 0. The van der Waals surface area contributed by atoms with Crippen LogP contribution in [0.3, 0.4) is 0 Å². The smallest absolute Gasteiger partial charge is 0.308 e. The number of nitro benzene ring substituents is 1. The van der Waals surface area contributed by atoms with E-state index in [0.29, 0.717) is 12.8 Å². The molecule has 0 saturated heterocycles. The highest BCUT2D eigenvalue weighted by Crippen LogP contribution is 2.24. The lowest BCUT2D eigenvalue weighted by Gasteiger charge is -2.22. The zero-order chi connectivity index (χ0) is 17.5. The first-order valence-corrected chi connectivity index (χ1v) is 7.87. The molecule has 2 N–H and O–H groups in total. The van der Waals surface area contributed by atoms with E-state index in [1.54, 1.807) is 0 Å². The second kappa shape index (κ2) is 8.28. The number of carboxylic acids is 1. The van der Waals surface area contributed by atoms with E-state index >= 15 is 0 Å². The van der Waals surface area contributed by atoms with Crippen molar-refractivity contribution in [3.05, 3.63) is 34.4 Å². The molecule has 0 unspecified atom stereocenters. The van der Waals surface area contributed by atoms with Crippen LogP contribution in [0.15, 0.2) is 24.3 Å². The van der Waals surface area contributed by atoms with E-state index in [4.69, 9.17) is 4.74 Å². The van der Waals surface area contributed by atoms with Gasteiger partial charge in [0.2, 0.25) is 0 Å². The molecule has 24 heavy (non-hydrogen) atoms. The van der Waals surface area contributed by atoms with Crippen molar-refractivity contribution in [1.82, 2.24) is 5.32 Å². The van der Waals surface area contributed by atoms with Crippen molar-refractivity contribution in [2.75, 3.05) is 6.61 Å². The third-order valence-electron chi connectivity index (χ3n) is 4.08. The number of benzene rings is 1. The van der Waals surface area contributed by atoms with Crippen LogP contribution in [0, 0.1) is 16.0 Å². The summed E-state index contributed by atoms with van der Waals surface area (Å²) in [6, 6.07) is 5.14. The van der Waals surface area contributed by atoms with Crippen LogP contribution in [0.5, 0.6) is 5.75 Å². The Morgan fingerprint density at radius 3 is 2.75 bits per heavy atom. The maximum Gasteiger partial charge on any atom is 0.308 e. The van der Waals surface area contributed by atoms with Gasteiger partial charge in [0.05, 0.1) is 16.9 Å². The summed E-state index contributed by atoms with van der Waals surface area (Å²) in [5.74, 6) is -1.70. The Hall–Kier alpha value is -2.64. The first-order valence-electron chi connectivity index (χ1n) is 7.87. The molecule has 0 spiro atoms. The van der Waals surface area contributed by atoms with Gasteiger partial charge in [-0.05, 0) is 18.9 Å². The molecule has 8 nitrogen and oxygen atoms in total. The minimum atomic E-state index is -0.901. The number of rotatable bonds is 6. The molecular weight excluding hydrogens is 316 g/mol. The third kappa shape index (κ3) is 4.94. The normalized spacial score (nSPS) is 20.7. The highest BCUT2D eigenvalue weighted by molar-refractivity contribution is 5.79. The molecule has 0 bridgehead atoms. The summed E-state index contributed by atoms with van der Waals surface area (Å²) in [6.45, 7) is -0.315. The van der Waals surface area contributed by atoms with Gasteiger partial charge in [0.25, 0.3) is 11.6 Å². The molecule has 1 amide bonds. The molecule has 0 aromatic heterocycles. The number of carbonyl (C=O) groups excluding carboxylic acids is 1. The van der Waals surface area contributed by atoms with Gasteiger partial charge in [-0.15, -0.1) is 0 Å². The molecule has 1 aliphatic rings. The first-order chi connectivity index (χ1) is 11.5. The predicted molar refractivity (Wildman–Crippen MR) is 84.7 cm³/mol. The Balaban J connectivity index is 1.91. The minimum Gasteiger partial charge on any atom is -0.484 e. The van der Waals surface area contributed by atoms with Crippen LogP contribution in [0.25, 0.3) is 0 Å². The molecule has 130 valence electrons. The molecule has 1 aromatic rings. The largest absolute Gasteiger partial charge is 0.484 e. The number of ether oxygens (including phenoxy) is 1. The molecular formula is C16H20N2O6. The number of nitro groups is 1. The maximum absolute atomic E-state index is 12.0. The van der Waals surface area contributed by atoms with E-state index in [2.05, 4.69) is 5.32 Å². The molecule has 2 rings (SSSR count). The SMILES string of the molecule is O=C(COc1cccc([N+](=O)[O-])c1)N[C@H]1CCCCC[C@H]1C(=O)O. The zero-order valence-electron chi connectivity index (χ0n) is 13.1. The van der Waals surface area contributed by atoms with Gasteiger partial charge in [0.15, 0.2) is 6.61 Å². The molecule has 1 saturated carbocycles. The lowest BCUT2D eigenvalue weighted by atomic mass is 9.95. The molecule has 0 radical (unpaired) electrons. The Morgan fingerprint density at radius 2 is 2.04 bits per heavy atom. The molecule has 2 atom stereocenters. The predicted octanol–water partition coefficient (Wildman–Crippen LogP) is 2.12. The lowest BCUT2D eigenvalue weighted by Crippen LogP contribution is -2.44. The van der Waals surface area contributed by atoms with Crippen molar-refractivity contribution < 1.29 is 24.4 Å². The van der Waals surface area contributed by atoms with Gasteiger partial charge >= 0.3 is 5.97 Å². The monoisotopic (exact) mass is 336 g/mol. The fraction of sp³-hybridized carbons (Fsp3) is 0.500. The van der Waals surface area contributed by atoms with Gasteiger partial charge in [-0.25, -0.2) is 0 Å². The van der Waals surface area contributed by atoms with E-state index in [1.165, 1.54) is 24.3 Å². The van der Waals surface area contributed by atoms with E-state index in [1.807, 2.05) is 0 Å². The van der Waals surface area contributed by atoms with E-state index < -0.39 is 28.8 Å². The summed E-state index contributed by atoms with van der Waals surface area (Å²) in [6.07, 6.45) is 3.85. The average molecular weight is 336 g/mol.